The number of nitrogens with zero attached hydrogens (tertiary/aromatic N) is 3. The molecule has 1 atom stereocenters. The third-order valence-corrected chi connectivity index (χ3v) is 4.83. The minimum absolute atomic E-state index is 0.0140. The van der Waals surface area contributed by atoms with Gasteiger partial charge in [0.05, 0.1) is 0 Å². The van der Waals surface area contributed by atoms with Crippen LogP contribution in [0, 0.1) is 6.92 Å². The number of benzene rings is 1. The van der Waals surface area contributed by atoms with Crippen molar-refractivity contribution in [1.29, 1.82) is 0 Å². The van der Waals surface area contributed by atoms with Crippen molar-refractivity contribution in [1.82, 2.24) is 20.1 Å². The average Bonchev–Trinajstić information content (AvgIpc) is 2.93. The minimum Gasteiger partial charge on any atom is -0.350 e. The summed E-state index contributed by atoms with van der Waals surface area (Å²) in [7, 11) is 0. The van der Waals surface area contributed by atoms with Gasteiger partial charge in [-0.3, -0.25) is 4.79 Å². The van der Waals surface area contributed by atoms with E-state index in [4.69, 9.17) is 0 Å². The highest BCUT2D eigenvalue weighted by Gasteiger charge is 2.10. The molecule has 124 valence electrons. The third kappa shape index (κ3) is 4.58. The topological polar surface area (TPSA) is 59.8 Å². The van der Waals surface area contributed by atoms with E-state index in [1.807, 2.05) is 38.1 Å². The van der Waals surface area contributed by atoms with Crippen molar-refractivity contribution in [2.24, 2.45) is 0 Å². The van der Waals surface area contributed by atoms with Crippen molar-refractivity contribution in [3.8, 4) is 0 Å². The van der Waals surface area contributed by atoms with Crippen LogP contribution in [0.5, 0.6) is 0 Å². The Hall–Kier alpha value is -1.82. The Kier molecular flexibility index (Phi) is 6.21. The molecule has 1 aromatic heterocycles. The first kappa shape index (κ1) is 17.5. The molecule has 5 nitrogen and oxygen atoms in total. The molecule has 1 heterocycles. The zero-order chi connectivity index (χ0) is 16.8. The Bertz CT molecular complexity index is 651. The van der Waals surface area contributed by atoms with Crippen LogP contribution in [0.1, 0.15) is 48.9 Å². The molecule has 0 aliphatic carbocycles. The Morgan fingerprint density at radius 2 is 1.96 bits per heavy atom. The molecular weight excluding hydrogens is 308 g/mol. The summed E-state index contributed by atoms with van der Waals surface area (Å²) in [5, 5.41) is 12.2. The van der Waals surface area contributed by atoms with Crippen molar-refractivity contribution in [3.05, 3.63) is 41.2 Å². The summed E-state index contributed by atoms with van der Waals surface area (Å²) in [6, 6.07) is 7.95. The lowest BCUT2D eigenvalue weighted by atomic mass is 10.1. The van der Waals surface area contributed by atoms with Gasteiger partial charge < -0.3 is 9.88 Å². The number of hydrogen-bond donors (Lipinski definition) is 1. The minimum atomic E-state index is -0.0140. The van der Waals surface area contributed by atoms with Crippen molar-refractivity contribution in [3.63, 3.8) is 0 Å². The Morgan fingerprint density at radius 3 is 2.57 bits per heavy atom. The first-order valence-electron chi connectivity index (χ1n) is 7.97. The fourth-order valence-corrected chi connectivity index (χ4v) is 3.15. The van der Waals surface area contributed by atoms with Crippen LogP contribution in [-0.2, 0) is 12.3 Å². The summed E-state index contributed by atoms with van der Waals surface area (Å²) in [6.45, 7) is 8.99. The van der Waals surface area contributed by atoms with Gasteiger partial charge in [-0.25, -0.2) is 0 Å². The molecular formula is C17H24N4OS. The van der Waals surface area contributed by atoms with E-state index in [-0.39, 0.29) is 11.9 Å². The van der Waals surface area contributed by atoms with E-state index < -0.39 is 0 Å². The van der Waals surface area contributed by atoms with Gasteiger partial charge in [0, 0.05) is 23.9 Å². The predicted octanol–water partition coefficient (Wildman–Crippen LogP) is 3.43. The third-order valence-electron chi connectivity index (χ3n) is 3.79. The lowest BCUT2D eigenvalue weighted by molar-refractivity contribution is 0.0939. The molecule has 0 aliphatic rings. The molecule has 0 fully saturated rings. The second-order valence-electron chi connectivity index (χ2n) is 5.54. The Morgan fingerprint density at radius 1 is 1.26 bits per heavy atom. The molecule has 0 aliphatic heterocycles. The maximum absolute atomic E-state index is 12.1. The maximum atomic E-state index is 12.1. The van der Waals surface area contributed by atoms with Gasteiger partial charge in [0.15, 0.2) is 5.16 Å². The largest absolute Gasteiger partial charge is 0.350 e. The summed E-state index contributed by atoms with van der Waals surface area (Å²) in [6.07, 6.45) is 0.929. The van der Waals surface area contributed by atoms with E-state index in [1.54, 1.807) is 11.8 Å². The zero-order valence-corrected chi connectivity index (χ0v) is 15.0. The van der Waals surface area contributed by atoms with Gasteiger partial charge in [-0.1, -0.05) is 30.8 Å². The van der Waals surface area contributed by atoms with Crippen LogP contribution in [0.15, 0.2) is 29.4 Å². The molecule has 1 N–H and O–H groups in total. The van der Waals surface area contributed by atoms with Gasteiger partial charge in [0.1, 0.15) is 5.82 Å². The highest BCUT2D eigenvalue weighted by Crippen LogP contribution is 2.22. The van der Waals surface area contributed by atoms with Crippen LogP contribution in [0.3, 0.4) is 0 Å². The van der Waals surface area contributed by atoms with Gasteiger partial charge in [-0.2, -0.15) is 0 Å². The fraction of sp³-hybridized carbons (Fsp3) is 0.471. The van der Waals surface area contributed by atoms with Crippen LogP contribution in [0.4, 0.5) is 0 Å². The summed E-state index contributed by atoms with van der Waals surface area (Å²) in [5.74, 6) is 1.73. The standard InChI is InChI=1S/C17H24N4OS/c1-5-12(3)18-16(22)15-9-7-14(8-10-15)11-23-17-20-19-13(4)21(17)6-2/h7-10,12H,5-6,11H2,1-4H3,(H,18,22)/t12-/m1/s1. The number of thioether (sulfide) groups is 1. The number of carbonyl (C=O) groups excluding carboxylic acids is 1. The van der Waals surface area contributed by atoms with Gasteiger partial charge in [0.2, 0.25) is 0 Å². The number of nitrogens with one attached hydrogen (secondary N) is 1. The second kappa shape index (κ2) is 8.15. The molecule has 1 amide bonds. The zero-order valence-electron chi connectivity index (χ0n) is 14.2. The Labute approximate surface area is 141 Å². The molecule has 2 rings (SSSR count). The van der Waals surface area contributed by atoms with Crippen LogP contribution < -0.4 is 5.32 Å². The van der Waals surface area contributed by atoms with Crippen LogP contribution in [-0.4, -0.2) is 26.7 Å². The number of aryl methyl sites for hydroxylation is 1. The van der Waals surface area contributed by atoms with E-state index in [2.05, 4.69) is 33.9 Å². The van der Waals surface area contributed by atoms with E-state index in [1.165, 1.54) is 5.56 Å². The number of amides is 1. The molecule has 23 heavy (non-hydrogen) atoms. The number of hydrogen-bond acceptors (Lipinski definition) is 4. The first-order valence-corrected chi connectivity index (χ1v) is 8.96. The fourth-order valence-electron chi connectivity index (χ4n) is 2.14. The predicted molar refractivity (Wildman–Crippen MR) is 93.7 cm³/mol. The lowest BCUT2D eigenvalue weighted by Gasteiger charge is -2.11. The molecule has 2 aromatic rings. The van der Waals surface area contributed by atoms with Gasteiger partial charge in [-0.15, -0.1) is 10.2 Å². The van der Waals surface area contributed by atoms with Crippen LogP contribution in [0.2, 0.25) is 0 Å². The van der Waals surface area contributed by atoms with Gasteiger partial charge >= 0.3 is 0 Å². The molecule has 0 spiro atoms. The molecule has 0 saturated heterocycles. The van der Waals surface area contributed by atoms with Gasteiger partial charge in [0.25, 0.3) is 5.91 Å². The van der Waals surface area contributed by atoms with E-state index in [9.17, 15) is 4.79 Å². The van der Waals surface area contributed by atoms with Crippen LogP contribution in [0.25, 0.3) is 0 Å². The molecule has 0 unspecified atom stereocenters. The van der Waals surface area contributed by atoms with Crippen molar-refractivity contribution >= 4 is 17.7 Å². The molecule has 0 radical (unpaired) electrons. The normalized spacial score (nSPS) is 12.2. The molecule has 6 heteroatoms. The second-order valence-corrected chi connectivity index (χ2v) is 6.48. The molecule has 0 bridgehead atoms. The number of aromatic nitrogens is 3. The van der Waals surface area contributed by atoms with Gasteiger partial charge in [-0.05, 0) is 44.9 Å². The number of rotatable bonds is 7. The Balaban J connectivity index is 1.96. The highest BCUT2D eigenvalue weighted by molar-refractivity contribution is 7.98. The summed E-state index contributed by atoms with van der Waals surface area (Å²) in [5.41, 5.74) is 1.87. The maximum Gasteiger partial charge on any atom is 0.251 e. The van der Waals surface area contributed by atoms with Crippen molar-refractivity contribution < 1.29 is 4.79 Å². The first-order chi connectivity index (χ1) is 11.0. The SMILES string of the molecule is CC[C@@H](C)NC(=O)c1ccc(CSc2nnc(C)n2CC)cc1. The molecule has 1 aromatic carbocycles. The van der Waals surface area contributed by atoms with E-state index in [0.29, 0.717) is 5.56 Å². The number of carbonyl (C=O) groups is 1. The summed E-state index contributed by atoms with van der Waals surface area (Å²) < 4.78 is 2.10. The van der Waals surface area contributed by atoms with Crippen LogP contribution >= 0.6 is 11.8 Å². The van der Waals surface area contributed by atoms with E-state index >= 15 is 0 Å². The van der Waals surface area contributed by atoms with Crippen molar-refractivity contribution in [2.45, 2.75) is 57.6 Å². The molecule has 0 saturated carbocycles. The monoisotopic (exact) mass is 332 g/mol. The smallest absolute Gasteiger partial charge is 0.251 e. The van der Waals surface area contributed by atoms with E-state index in [0.717, 1.165) is 29.7 Å². The average molecular weight is 332 g/mol. The lowest BCUT2D eigenvalue weighted by Crippen LogP contribution is -2.31. The summed E-state index contributed by atoms with van der Waals surface area (Å²) in [4.78, 5) is 12.1. The quantitative estimate of drug-likeness (QED) is 0.789. The summed E-state index contributed by atoms with van der Waals surface area (Å²) >= 11 is 1.66. The van der Waals surface area contributed by atoms with Crippen molar-refractivity contribution in [2.75, 3.05) is 0 Å². The highest BCUT2D eigenvalue weighted by atomic mass is 32.2.